The normalized spacial score (nSPS) is 17.0. The Bertz CT molecular complexity index is 692. The number of rotatable bonds is 5. The van der Waals surface area contributed by atoms with Crippen LogP contribution in [0.3, 0.4) is 0 Å². The third-order valence-corrected chi connectivity index (χ3v) is 3.85. The molecule has 0 radical (unpaired) electrons. The summed E-state index contributed by atoms with van der Waals surface area (Å²) < 4.78 is 10.5. The highest BCUT2D eigenvalue weighted by Gasteiger charge is 2.33. The van der Waals surface area contributed by atoms with Crippen LogP contribution in [0.2, 0.25) is 0 Å². The van der Waals surface area contributed by atoms with Gasteiger partial charge < -0.3 is 30.2 Å². The Morgan fingerprint density at radius 2 is 2.12 bits per heavy atom. The predicted molar refractivity (Wildman–Crippen MR) is 93.8 cm³/mol. The van der Waals surface area contributed by atoms with Crippen molar-refractivity contribution in [3.63, 3.8) is 0 Å². The maximum absolute atomic E-state index is 12.4. The predicted octanol–water partition coefficient (Wildman–Crippen LogP) is -0.269. The van der Waals surface area contributed by atoms with Gasteiger partial charge in [0, 0.05) is 11.3 Å². The molecule has 1 aromatic carbocycles. The fraction of sp³-hybridized carbons (Fsp3) is 0.333. The van der Waals surface area contributed by atoms with Crippen LogP contribution in [0.1, 0.15) is 25.5 Å². The van der Waals surface area contributed by atoms with Crippen LogP contribution >= 0.6 is 12.2 Å². The van der Waals surface area contributed by atoms with Crippen LogP contribution < -0.4 is 20.8 Å². The van der Waals surface area contributed by atoms with E-state index in [0.717, 1.165) is 0 Å². The van der Waals surface area contributed by atoms with Crippen LogP contribution in [0.25, 0.3) is 0 Å². The molecule has 1 aliphatic rings. The number of thiocarbonyl (C=S) groups is 1. The van der Waals surface area contributed by atoms with E-state index < -0.39 is 19.1 Å². The van der Waals surface area contributed by atoms with Gasteiger partial charge in [-0.3, -0.25) is 0 Å². The van der Waals surface area contributed by atoms with E-state index >= 15 is 0 Å². The summed E-state index contributed by atoms with van der Waals surface area (Å²) in [6.07, 6.45) is 0. The molecular weight excluding hydrogens is 331 g/mol. The van der Waals surface area contributed by atoms with Gasteiger partial charge in [-0.05, 0) is 37.6 Å². The lowest BCUT2D eigenvalue weighted by Crippen LogP contribution is -2.45. The van der Waals surface area contributed by atoms with E-state index in [1.165, 1.54) is 13.2 Å². The molecule has 9 heteroatoms. The van der Waals surface area contributed by atoms with E-state index in [9.17, 15) is 14.8 Å². The number of methoxy groups -OCH3 is 1. The Kier molecular flexibility index (Phi) is 5.82. The van der Waals surface area contributed by atoms with Crippen LogP contribution in [-0.2, 0) is 9.53 Å². The lowest BCUT2D eigenvalue weighted by Gasteiger charge is -2.30. The first-order valence-corrected chi connectivity index (χ1v) is 7.79. The lowest BCUT2D eigenvalue weighted by molar-refractivity contribution is -0.139. The average Bonchev–Trinajstić information content (AvgIpc) is 2.53. The van der Waals surface area contributed by atoms with Crippen molar-refractivity contribution in [3.05, 3.63) is 35.0 Å². The quantitative estimate of drug-likeness (QED) is 0.327. The Balaban J connectivity index is 2.58. The molecule has 0 aromatic heterocycles. The number of carbonyl (C=O) groups excluding carboxylic acids is 1. The number of esters is 1. The summed E-state index contributed by atoms with van der Waals surface area (Å²) in [6.45, 7) is 3.68. The minimum atomic E-state index is -1.64. The molecule has 7 nitrogen and oxygen atoms in total. The minimum Gasteiger partial charge on any atom is -0.496 e. The lowest BCUT2D eigenvalue weighted by atomic mass is 9.78. The molecule has 1 aromatic rings. The summed E-state index contributed by atoms with van der Waals surface area (Å²) in [5.41, 5.74) is 1.75. The summed E-state index contributed by atoms with van der Waals surface area (Å²) in [4.78, 5) is 12.4. The second-order valence-electron chi connectivity index (χ2n) is 5.17. The number of carbonyl (C=O) groups is 1. The molecule has 0 aliphatic carbocycles. The van der Waals surface area contributed by atoms with E-state index in [1.54, 1.807) is 26.0 Å². The fourth-order valence-corrected chi connectivity index (χ4v) is 2.82. The maximum Gasteiger partial charge on any atom is 0.488 e. The molecule has 24 heavy (non-hydrogen) atoms. The van der Waals surface area contributed by atoms with Crippen molar-refractivity contribution in [3.8, 4) is 5.75 Å². The second kappa shape index (κ2) is 7.65. The zero-order valence-corrected chi connectivity index (χ0v) is 14.4. The van der Waals surface area contributed by atoms with Gasteiger partial charge in [0.15, 0.2) is 5.11 Å². The molecule has 0 spiro atoms. The molecule has 0 saturated heterocycles. The van der Waals surface area contributed by atoms with Gasteiger partial charge in [-0.15, -0.1) is 0 Å². The van der Waals surface area contributed by atoms with Gasteiger partial charge in [0.25, 0.3) is 0 Å². The van der Waals surface area contributed by atoms with Gasteiger partial charge in [-0.2, -0.15) is 0 Å². The summed E-state index contributed by atoms with van der Waals surface area (Å²) in [5.74, 6) is -0.00398. The van der Waals surface area contributed by atoms with E-state index in [4.69, 9.17) is 21.7 Å². The second-order valence-corrected chi connectivity index (χ2v) is 5.57. The van der Waals surface area contributed by atoms with Crippen molar-refractivity contribution in [2.45, 2.75) is 19.9 Å². The van der Waals surface area contributed by atoms with Crippen LogP contribution in [0.15, 0.2) is 29.5 Å². The van der Waals surface area contributed by atoms with E-state index in [2.05, 4.69) is 10.6 Å². The third kappa shape index (κ3) is 3.69. The summed E-state index contributed by atoms with van der Waals surface area (Å²) >= 11 is 5.18. The van der Waals surface area contributed by atoms with Crippen LogP contribution in [0, 0.1) is 0 Å². The Labute approximate surface area is 145 Å². The smallest absolute Gasteiger partial charge is 0.488 e. The van der Waals surface area contributed by atoms with Crippen LogP contribution in [0.5, 0.6) is 5.75 Å². The zero-order chi connectivity index (χ0) is 17.9. The molecule has 128 valence electrons. The highest BCUT2D eigenvalue weighted by molar-refractivity contribution is 7.80. The summed E-state index contributed by atoms with van der Waals surface area (Å²) in [7, 11) is -0.145. The number of nitrogens with one attached hydrogen (secondary N) is 2. The van der Waals surface area contributed by atoms with Crippen LogP contribution in [-0.4, -0.2) is 42.0 Å². The SMILES string of the molecule is CCOC(=O)C1=C(C)NC(=S)NC1c1cc(B(O)O)ccc1OC. The number of benzene rings is 1. The first-order chi connectivity index (χ1) is 11.4. The summed E-state index contributed by atoms with van der Waals surface area (Å²) in [6, 6.07) is 4.07. The van der Waals surface area contributed by atoms with Crippen LogP contribution in [0.4, 0.5) is 0 Å². The van der Waals surface area contributed by atoms with E-state index in [-0.39, 0.29) is 12.1 Å². The number of ether oxygens (including phenoxy) is 2. The van der Waals surface area contributed by atoms with Crippen molar-refractivity contribution >= 4 is 35.9 Å². The number of hydrogen-bond acceptors (Lipinski definition) is 6. The van der Waals surface area contributed by atoms with Crippen molar-refractivity contribution in [2.24, 2.45) is 0 Å². The topological polar surface area (TPSA) is 100 Å². The molecule has 1 aliphatic heterocycles. The largest absolute Gasteiger partial charge is 0.496 e. The van der Waals surface area contributed by atoms with Crippen molar-refractivity contribution in [1.29, 1.82) is 0 Å². The molecule has 4 N–H and O–H groups in total. The van der Waals surface area contributed by atoms with Gasteiger partial charge in [-0.1, -0.05) is 12.1 Å². The van der Waals surface area contributed by atoms with Crippen molar-refractivity contribution in [2.75, 3.05) is 13.7 Å². The molecule has 1 heterocycles. The van der Waals surface area contributed by atoms with Crippen molar-refractivity contribution < 1.29 is 24.3 Å². The third-order valence-electron chi connectivity index (χ3n) is 3.63. The molecule has 0 bridgehead atoms. The minimum absolute atomic E-state index is 0.235. The molecule has 2 rings (SSSR count). The van der Waals surface area contributed by atoms with Gasteiger partial charge >= 0.3 is 13.1 Å². The fourth-order valence-electron chi connectivity index (χ4n) is 2.55. The molecule has 1 unspecified atom stereocenters. The Morgan fingerprint density at radius 1 is 1.42 bits per heavy atom. The molecule has 0 fully saturated rings. The number of allylic oxidation sites excluding steroid dienone is 1. The molecule has 0 amide bonds. The van der Waals surface area contributed by atoms with Gasteiger partial charge in [0.05, 0.1) is 25.3 Å². The average molecular weight is 350 g/mol. The van der Waals surface area contributed by atoms with Crippen molar-refractivity contribution in [1.82, 2.24) is 10.6 Å². The summed E-state index contributed by atoms with van der Waals surface area (Å²) in [5, 5.41) is 25.1. The van der Waals surface area contributed by atoms with E-state index in [1.807, 2.05) is 0 Å². The molecular formula is C15H19BN2O5S. The van der Waals surface area contributed by atoms with Gasteiger partial charge in [-0.25, -0.2) is 4.79 Å². The molecule has 0 saturated carbocycles. The highest BCUT2D eigenvalue weighted by Crippen LogP contribution is 2.33. The monoisotopic (exact) mass is 350 g/mol. The van der Waals surface area contributed by atoms with E-state index in [0.29, 0.717) is 27.7 Å². The zero-order valence-electron chi connectivity index (χ0n) is 13.6. The van der Waals surface area contributed by atoms with Gasteiger partial charge in [0.1, 0.15) is 5.75 Å². The van der Waals surface area contributed by atoms with Gasteiger partial charge in [0.2, 0.25) is 0 Å². The maximum atomic E-state index is 12.4. The first kappa shape index (κ1) is 18.2. The number of hydrogen-bond donors (Lipinski definition) is 4. The highest BCUT2D eigenvalue weighted by atomic mass is 32.1. The Morgan fingerprint density at radius 3 is 2.71 bits per heavy atom. The standard InChI is InChI=1S/C15H19BN2O5S/c1-4-23-14(19)12-8(2)17-15(24)18-13(12)10-7-9(16(20)21)5-6-11(10)22-3/h5-7,13,20-21H,4H2,1-3H3,(H2,17,18,24). The molecule has 1 atom stereocenters. The Hall–Kier alpha value is -2.10. The first-order valence-electron chi connectivity index (χ1n) is 7.38.